The number of carbonyl (C=O) groups is 1. The summed E-state index contributed by atoms with van der Waals surface area (Å²) in [5.41, 5.74) is 0. The van der Waals surface area contributed by atoms with Crippen molar-refractivity contribution in [3.05, 3.63) is 0 Å². The molecule has 0 aromatic heterocycles. The molecule has 0 spiro atoms. The Morgan fingerprint density at radius 2 is 1.50 bits per heavy atom. The van der Waals surface area contributed by atoms with Crippen LogP contribution in [0.3, 0.4) is 0 Å². The minimum atomic E-state index is -4.20. The summed E-state index contributed by atoms with van der Waals surface area (Å²) in [6, 6.07) is 0. The predicted molar refractivity (Wildman–Crippen MR) is 117 cm³/mol. The average Bonchev–Trinajstić information content (AvgIpc) is 2.48. The first-order valence-corrected chi connectivity index (χ1v) is 16.6. The molecule has 0 atom stereocenters. The molecule has 9 nitrogen and oxygen atoms in total. The first-order valence-electron chi connectivity index (χ1n) is 8.53. The standard InChI is InChI=1S/C14H30NO8PS4/c1-14(2,26-25-3)7-6-13(16)15-12-24(17,8-4-10-27(18,19)20)9-5-11-28(21,22)23/h4-12H2,1-3H3,(H,15,16)(H,18,19,20)(H,21,22,23). The zero-order chi connectivity index (χ0) is 22.1. The van der Waals surface area contributed by atoms with Gasteiger partial charge >= 0.3 is 0 Å². The highest BCUT2D eigenvalue weighted by atomic mass is 33.1. The lowest BCUT2D eigenvalue weighted by atomic mass is 10.1. The van der Waals surface area contributed by atoms with Gasteiger partial charge < -0.3 is 9.88 Å². The van der Waals surface area contributed by atoms with Crippen LogP contribution >= 0.6 is 28.7 Å². The van der Waals surface area contributed by atoms with Crippen molar-refractivity contribution in [2.24, 2.45) is 0 Å². The van der Waals surface area contributed by atoms with Crippen molar-refractivity contribution in [2.45, 2.75) is 44.3 Å². The first-order chi connectivity index (χ1) is 12.6. The maximum atomic E-state index is 13.0. The van der Waals surface area contributed by atoms with E-state index < -0.39 is 38.9 Å². The van der Waals surface area contributed by atoms with Crippen LogP contribution in [-0.2, 0) is 29.6 Å². The topological polar surface area (TPSA) is 155 Å². The third-order valence-electron chi connectivity index (χ3n) is 3.76. The zero-order valence-corrected chi connectivity index (χ0v) is 20.4. The monoisotopic (exact) mass is 499 g/mol. The van der Waals surface area contributed by atoms with Crippen LogP contribution in [0.25, 0.3) is 0 Å². The SMILES string of the molecule is CSSC(C)(C)CCC(=O)NCP(=O)(CCCS(=O)(=O)O)CCCS(=O)(=O)O. The van der Waals surface area contributed by atoms with Gasteiger partial charge in [-0.3, -0.25) is 13.9 Å². The molecule has 0 saturated heterocycles. The smallest absolute Gasteiger partial charge is 0.264 e. The average molecular weight is 500 g/mol. The fraction of sp³-hybridized carbons (Fsp3) is 0.929. The van der Waals surface area contributed by atoms with Crippen molar-refractivity contribution < 1.29 is 35.3 Å². The third-order valence-corrected chi connectivity index (χ3v) is 11.0. The molecule has 0 rings (SSSR count). The second-order valence-corrected chi connectivity index (χ2v) is 16.6. The molecule has 0 saturated carbocycles. The normalized spacial score (nSPS) is 13.5. The van der Waals surface area contributed by atoms with E-state index in [1.165, 1.54) is 0 Å². The van der Waals surface area contributed by atoms with Crippen LogP contribution in [0.5, 0.6) is 0 Å². The van der Waals surface area contributed by atoms with Gasteiger partial charge in [0.2, 0.25) is 5.91 Å². The Balaban J connectivity index is 4.77. The van der Waals surface area contributed by atoms with Crippen LogP contribution in [0.4, 0.5) is 0 Å². The number of nitrogens with one attached hydrogen (secondary N) is 1. The van der Waals surface area contributed by atoms with Crippen LogP contribution < -0.4 is 5.32 Å². The molecule has 28 heavy (non-hydrogen) atoms. The number of hydrogen-bond donors (Lipinski definition) is 3. The van der Waals surface area contributed by atoms with Gasteiger partial charge in [-0.15, -0.1) is 0 Å². The van der Waals surface area contributed by atoms with Crippen LogP contribution in [0, 0.1) is 0 Å². The molecule has 14 heteroatoms. The van der Waals surface area contributed by atoms with E-state index in [4.69, 9.17) is 9.11 Å². The first kappa shape index (κ1) is 28.2. The molecule has 3 N–H and O–H groups in total. The van der Waals surface area contributed by atoms with E-state index in [1.807, 2.05) is 20.1 Å². The van der Waals surface area contributed by atoms with Crippen LogP contribution in [0.2, 0.25) is 0 Å². The molecule has 0 aromatic rings. The molecule has 0 aliphatic heterocycles. The summed E-state index contributed by atoms with van der Waals surface area (Å²) in [6.07, 6.45) is 2.33. The second-order valence-electron chi connectivity index (χ2n) is 7.05. The van der Waals surface area contributed by atoms with E-state index in [2.05, 4.69) is 5.32 Å². The molecule has 0 fully saturated rings. The molecule has 0 bridgehead atoms. The van der Waals surface area contributed by atoms with E-state index >= 15 is 0 Å². The Labute approximate surface area is 175 Å². The van der Waals surface area contributed by atoms with Crippen molar-refractivity contribution in [1.82, 2.24) is 5.32 Å². The van der Waals surface area contributed by atoms with E-state index in [9.17, 15) is 26.2 Å². The molecule has 0 unspecified atom stereocenters. The van der Waals surface area contributed by atoms with Crippen molar-refractivity contribution in [1.29, 1.82) is 0 Å². The van der Waals surface area contributed by atoms with Gasteiger partial charge in [0.15, 0.2) is 0 Å². The molecule has 1 amide bonds. The Bertz CT molecular complexity index is 709. The van der Waals surface area contributed by atoms with E-state index in [-0.39, 0.29) is 48.5 Å². The lowest BCUT2D eigenvalue weighted by Gasteiger charge is -2.23. The Morgan fingerprint density at radius 1 is 1.04 bits per heavy atom. The van der Waals surface area contributed by atoms with E-state index in [1.54, 1.807) is 21.6 Å². The molecule has 168 valence electrons. The highest BCUT2D eigenvalue weighted by molar-refractivity contribution is 8.76. The largest absolute Gasteiger partial charge is 0.349 e. The third kappa shape index (κ3) is 16.1. The van der Waals surface area contributed by atoms with Gasteiger partial charge in [-0.2, -0.15) is 16.8 Å². The fourth-order valence-electron chi connectivity index (χ4n) is 2.34. The molecule has 0 aromatic carbocycles. The zero-order valence-electron chi connectivity index (χ0n) is 16.3. The summed E-state index contributed by atoms with van der Waals surface area (Å²) in [5, 5.41) is 2.59. The van der Waals surface area contributed by atoms with E-state index in [0.717, 1.165) is 0 Å². The lowest BCUT2D eigenvalue weighted by molar-refractivity contribution is -0.120. The minimum Gasteiger partial charge on any atom is -0.349 e. The Morgan fingerprint density at radius 3 is 1.89 bits per heavy atom. The van der Waals surface area contributed by atoms with Gasteiger partial charge in [0, 0.05) is 23.5 Å². The Kier molecular flexibility index (Phi) is 12.3. The quantitative estimate of drug-likeness (QED) is 0.174. The molecular formula is C14H30NO8PS4. The summed E-state index contributed by atoms with van der Waals surface area (Å²) in [6.45, 7) is 4.02. The van der Waals surface area contributed by atoms with Gasteiger partial charge in [-0.25, -0.2) is 0 Å². The van der Waals surface area contributed by atoms with Crippen LogP contribution in [0.15, 0.2) is 0 Å². The molecule has 0 aliphatic carbocycles. The van der Waals surface area contributed by atoms with Gasteiger partial charge in [0.05, 0.1) is 17.8 Å². The van der Waals surface area contributed by atoms with Crippen molar-refractivity contribution in [3.8, 4) is 0 Å². The van der Waals surface area contributed by atoms with Crippen molar-refractivity contribution in [3.63, 3.8) is 0 Å². The molecule has 0 aliphatic rings. The maximum Gasteiger partial charge on any atom is 0.264 e. The van der Waals surface area contributed by atoms with Crippen LogP contribution in [0.1, 0.15) is 39.5 Å². The maximum absolute atomic E-state index is 13.0. The summed E-state index contributed by atoms with van der Waals surface area (Å²) in [4.78, 5) is 12.1. The second kappa shape index (κ2) is 12.2. The lowest BCUT2D eigenvalue weighted by Crippen LogP contribution is -2.28. The van der Waals surface area contributed by atoms with Crippen molar-refractivity contribution in [2.75, 3.05) is 36.4 Å². The summed E-state index contributed by atoms with van der Waals surface area (Å²) < 4.78 is 73.9. The number of rotatable bonds is 15. The molecule has 0 heterocycles. The van der Waals surface area contributed by atoms with Gasteiger partial charge in [-0.05, 0) is 39.4 Å². The number of carbonyl (C=O) groups excluding carboxylic acids is 1. The van der Waals surface area contributed by atoms with Gasteiger partial charge in [-0.1, -0.05) is 21.6 Å². The van der Waals surface area contributed by atoms with Crippen LogP contribution in [-0.4, -0.2) is 73.0 Å². The molecular weight excluding hydrogens is 469 g/mol. The van der Waals surface area contributed by atoms with Gasteiger partial charge in [0.25, 0.3) is 20.2 Å². The number of hydrogen-bond acceptors (Lipinski definition) is 8. The summed E-state index contributed by atoms with van der Waals surface area (Å²) in [7, 11) is -8.27. The minimum absolute atomic E-state index is 0.0631. The number of amides is 1. The highest BCUT2D eigenvalue weighted by Gasteiger charge is 2.25. The van der Waals surface area contributed by atoms with E-state index in [0.29, 0.717) is 6.42 Å². The summed E-state index contributed by atoms with van der Waals surface area (Å²) >= 11 is 0. The Hall–Kier alpha value is 0.220. The molecule has 0 radical (unpaired) electrons. The van der Waals surface area contributed by atoms with Gasteiger partial charge in [0.1, 0.15) is 7.14 Å². The van der Waals surface area contributed by atoms with Crippen molar-refractivity contribution >= 4 is 54.9 Å². The highest BCUT2D eigenvalue weighted by Crippen LogP contribution is 2.46. The summed E-state index contributed by atoms with van der Waals surface area (Å²) in [5.74, 6) is -1.42. The predicted octanol–water partition coefficient (Wildman–Crippen LogP) is 2.55. The fourth-order valence-corrected chi connectivity index (χ4v) is 8.50.